The Hall–Kier alpha value is -2.74. The summed E-state index contributed by atoms with van der Waals surface area (Å²) >= 11 is 12.5. The molecule has 0 aliphatic heterocycles. The van der Waals surface area contributed by atoms with Gasteiger partial charge in [-0.15, -0.1) is 0 Å². The third kappa shape index (κ3) is 7.62. The number of benzene rings is 3. The van der Waals surface area contributed by atoms with E-state index in [0.29, 0.717) is 40.0 Å². The maximum Gasteiger partial charge on any atom is 0.251 e. The zero-order valence-electron chi connectivity index (χ0n) is 19.6. The number of ether oxygens (including phenoxy) is 1. The van der Waals surface area contributed by atoms with Crippen molar-refractivity contribution in [2.45, 2.75) is 26.3 Å². The topological polar surface area (TPSA) is 75.7 Å². The fourth-order valence-electron chi connectivity index (χ4n) is 3.48. The average molecular weight is 535 g/mol. The molecule has 0 unspecified atom stereocenters. The van der Waals surface area contributed by atoms with Crippen LogP contribution in [0.3, 0.4) is 0 Å². The lowest BCUT2D eigenvalue weighted by Crippen LogP contribution is -2.30. The molecule has 3 aromatic carbocycles. The number of amides is 1. The number of carbonyl (C=O) groups is 1. The van der Waals surface area contributed by atoms with Gasteiger partial charge in [0.15, 0.2) is 0 Å². The first-order chi connectivity index (χ1) is 16.7. The van der Waals surface area contributed by atoms with Gasteiger partial charge in [-0.3, -0.25) is 9.10 Å². The molecule has 9 heteroatoms. The van der Waals surface area contributed by atoms with Gasteiger partial charge >= 0.3 is 0 Å². The average Bonchev–Trinajstić information content (AvgIpc) is 2.82. The lowest BCUT2D eigenvalue weighted by atomic mass is 10.1. The molecule has 0 spiro atoms. The highest BCUT2D eigenvalue weighted by Crippen LogP contribution is 2.29. The molecule has 0 aliphatic carbocycles. The number of rotatable bonds is 11. The number of halogens is 2. The number of hydrogen-bond acceptors (Lipinski definition) is 4. The summed E-state index contributed by atoms with van der Waals surface area (Å²) in [5.74, 6) is 0.474. The van der Waals surface area contributed by atoms with Crippen LogP contribution in [0.25, 0.3) is 0 Å². The predicted octanol–water partition coefficient (Wildman–Crippen LogP) is 5.72. The number of anilines is 1. The Bertz CT molecular complexity index is 1230. The lowest BCUT2D eigenvalue weighted by Gasteiger charge is -2.23. The first-order valence-electron chi connectivity index (χ1n) is 11.2. The van der Waals surface area contributed by atoms with E-state index >= 15 is 0 Å². The highest BCUT2D eigenvalue weighted by atomic mass is 35.5. The van der Waals surface area contributed by atoms with Crippen molar-refractivity contribution in [2.75, 3.05) is 23.7 Å². The Balaban J connectivity index is 1.59. The van der Waals surface area contributed by atoms with Crippen molar-refractivity contribution in [3.8, 4) is 5.75 Å². The minimum atomic E-state index is -3.63. The van der Waals surface area contributed by atoms with E-state index < -0.39 is 10.0 Å². The molecule has 6 nitrogen and oxygen atoms in total. The molecule has 3 rings (SSSR count). The van der Waals surface area contributed by atoms with Gasteiger partial charge in [0.1, 0.15) is 12.4 Å². The van der Waals surface area contributed by atoms with Gasteiger partial charge in [-0.2, -0.15) is 0 Å². The van der Waals surface area contributed by atoms with E-state index in [9.17, 15) is 13.2 Å². The summed E-state index contributed by atoms with van der Waals surface area (Å²) in [6.07, 6.45) is 3.23. The van der Waals surface area contributed by atoms with Gasteiger partial charge in [0.25, 0.3) is 5.91 Å². The second-order valence-electron chi connectivity index (χ2n) is 8.02. The summed E-state index contributed by atoms with van der Waals surface area (Å²) in [6.45, 7) is 2.77. The number of nitrogens with zero attached hydrogens (tertiary/aromatic N) is 1. The largest absolute Gasteiger partial charge is 0.492 e. The zero-order chi connectivity index (χ0) is 25.4. The van der Waals surface area contributed by atoms with Gasteiger partial charge in [0.05, 0.1) is 25.0 Å². The van der Waals surface area contributed by atoms with Crippen LogP contribution in [0, 0.1) is 0 Å². The minimum absolute atomic E-state index is 0.0281. The van der Waals surface area contributed by atoms with Crippen molar-refractivity contribution in [2.24, 2.45) is 0 Å². The molecule has 0 atom stereocenters. The SMILES string of the molecule is CCCc1ccc(OCCNC(=O)c2ccc(N(Cc3c(Cl)cccc3Cl)S(C)(=O)=O)cc2)cc1. The Morgan fingerprint density at radius 2 is 1.60 bits per heavy atom. The molecule has 35 heavy (non-hydrogen) atoms. The summed E-state index contributed by atoms with van der Waals surface area (Å²) in [5, 5.41) is 3.56. The highest BCUT2D eigenvalue weighted by molar-refractivity contribution is 7.92. The van der Waals surface area contributed by atoms with E-state index in [2.05, 4.69) is 12.2 Å². The second-order valence-corrected chi connectivity index (χ2v) is 10.7. The quantitative estimate of drug-likeness (QED) is 0.319. The van der Waals surface area contributed by atoms with Gasteiger partial charge in [-0.1, -0.05) is 54.7 Å². The highest BCUT2D eigenvalue weighted by Gasteiger charge is 2.21. The Kier molecular flexibility index (Phi) is 9.43. The van der Waals surface area contributed by atoms with Crippen LogP contribution in [0.1, 0.15) is 34.8 Å². The molecule has 0 saturated carbocycles. The molecule has 3 aromatic rings. The van der Waals surface area contributed by atoms with Crippen LogP contribution >= 0.6 is 23.2 Å². The van der Waals surface area contributed by atoms with Crippen LogP contribution in [0.2, 0.25) is 10.0 Å². The number of sulfonamides is 1. The maximum atomic E-state index is 12.5. The summed E-state index contributed by atoms with van der Waals surface area (Å²) in [7, 11) is -3.63. The van der Waals surface area contributed by atoms with E-state index in [1.807, 2.05) is 24.3 Å². The van der Waals surface area contributed by atoms with Crippen LogP contribution in [0.5, 0.6) is 5.75 Å². The molecular weight excluding hydrogens is 507 g/mol. The van der Waals surface area contributed by atoms with Gasteiger partial charge in [0, 0.05) is 21.2 Å². The van der Waals surface area contributed by atoms with Gasteiger partial charge in [0.2, 0.25) is 10.0 Å². The first kappa shape index (κ1) is 26.9. The monoisotopic (exact) mass is 534 g/mol. The molecule has 0 aliphatic rings. The Morgan fingerprint density at radius 1 is 0.971 bits per heavy atom. The molecule has 0 fully saturated rings. The van der Waals surface area contributed by atoms with Crippen LogP contribution in [-0.4, -0.2) is 33.7 Å². The van der Waals surface area contributed by atoms with Crippen molar-refractivity contribution in [1.82, 2.24) is 5.32 Å². The van der Waals surface area contributed by atoms with Crippen molar-refractivity contribution >= 4 is 44.8 Å². The minimum Gasteiger partial charge on any atom is -0.492 e. The van der Waals surface area contributed by atoms with E-state index in [4.69, 9.17) is 27.9 Å². The summed E-state index contributed by atoms with van der Waals surface area (Å²) in [4.78, 5) is 12.5. The Morgan fingerprint density at radius 3 is 2.17 bits per heavy atom. The molecule has 0 saturated heterocycles. The van der Waals surface area contributed by atoms with Crippen LogP contribution in [0.15, 0.2) is 66.7 Å². The molecule has 186 valence electrons. The molecule has 0 bridgehead atoms. The van der Waals surface area contributed by atoms with Crippen molar-refractivity contribution in [1.29, 1.82) is 0 Å². The van der Waals surface area contributed by atoms with Crippen LogP contribution < -0.4 is 14.4 Å². The van der Waals surface area contributed by atoms with E-state index in [0.717, 1.165) is 24.8 Å². The fraction of sp³-hybridized carbons (Fsp3) is 0.269. The number of hydrogen-bond donors (Lipinski definition) is 1. The van der Waals surface area contributed by atoms with Crippen molar-refractivity contribution < 1.29 is 17.9 Å². The Labute approximate surface area is 216 Å². The smallest absolute Gasteiger partial charge is 0.251 e. The number of nitrogens with one attached hydrogen (secondary N) is 1. The summed E-state index contributed by atoms with van der Waals surface area (Å²) in [6, 6.07) is 19.2. The normalized spacial score (nSPS) is 11.2. The molecule has 1 amide bonds. The fourth-order valence-corrected chi connectivity index (χ4v) is 4.87. The number of carbonyl (C=O) groups excluding carboxylic acids is 1. The third-order valence-electron chi connectivity index (χ3n) is 5.30. The number of aryl methyl sites for hydroxylation is 1. The molecule has 1 N–H and O–H groups in total. The molecule has 0 aromatic heterocycles. The van der Waals surface area contributed by atoms with Crippen LogP contribution in [0.4, 0.5) is 5.69 Å². The molecule has 0 radical (unpaired) electrons. The van der Waals surface area contributed by atoms with Crippen molar-refractivity contribution in [3.63, 3.8) is 0 Å². The summed E-state index contributed by atoms with van der Waals surface area (Å²) < 4.78 is 31.8. The van der Waals surface area contributed by atoms with Gasteiger partial charge in [-0.25, -0.2) is 8.42 Å². The molecular formula is C26H28Cl2N2O4S. The van der Waals surface area contributed by atoms with Gasteiger partial charge in [-0.05, 0) is 60.5 Å². The van der Waals surface area contributed by atoms with E-state index in [1.54, 1.807) is 42.5 Å². The maximum absolute atomic E-state index is 12.5. The molecule has 0 heterocycles. The van der Waals surface area contributed by atoms with E-state index in [1.165, 1.54) is 9.87 Å². The zero-order valence-corrected chi connectivity index (χ0v) is 22.0. The predicted molar refractivity (Wildman–Crippen MR) is 142 cm³/mol. The summed E-state index contributed by atoms with van der Waals surface area (Å²) in [5.41, 5.74) is 2.57. The van der Waals surface area contributed by atoms with Gasteiger partial charge < -0.3 is 10.1 Å². The third-order valence-corrected chi connectivity index (χ3v) is 7.15. The second kappa shape index (κ2) is 12.3. The standard InChI is InChI=1S/C26H28Cl2N2O4S/c1-3-5-19-8-14-22(15-9-19)34-17-16-29-26(31)20-10-12-21(13-11-20)30(35(2,32)33)18-23-24(27)6-4-7-25(23)28/h4,6-15H,3,5,16-18H2,1-2H3,(H,29,31). The first-order valence-corrected chi connectivity index (χ1v) is 13.8. The van der Waals surface area contributed by atoms with Crippen LogP contribution in [-0.2, 0) is 23.0 Å². The van der Waals surface area contributed by atoms with E-state index in [-0.39, 0.29) is 12.5 Å². The van der Waals surface area contributed by atoms with Crippen molar-refractivity contribution in [3.05, 3.63) is 93.5 Å². The lowest BCUT2D eigenvalue weighted by molar-refractivity contribution is 0.0947.